The van der Waals surface area contributed by atoms with Crippen LogP contribution in [0.5, 0.6) is 0 Å². The molecule has 2 aromatic rings. The van der Waals surface area contributed by atoms with Crippen LogP contribution in [0.25, 0.3) is 0 Å². The average molecular weight is 365 g/mol. The molecule has 0 saturated carbocycles. The lowest BCUT2D eigenvalue weighted by atomic mass is 10.2. The summed E-state index contributed by atoms with van der Waals surface area (Å²) in [5.41, 5.74) is 8.17. The van der Waals surface area contributed by atoms with Gasteiger partial charge in [0.1, 0.15) is 12.1 Å². The Bertz CT molecular complexity index is 989. The molecule has 0 unspecified atom stereocenters. The fraction of sp³-hybridized carbons (Fsp3) is 0. The zero-order valence-corrected chi connectivity index (χ0v) is 13.9. The van der Waals surface area contributed by atoms with Crippen molar-refractivity contribution in [3.05, 3.63) is 58.1 Å². The van der Waals surface area contributed by atoms with E-state index < -0.39 is 10.8 Å². The number of rotatable bonds is 6. The smallest absolute Gasteiger partial charge is 0.270 e. The SMILES string of the molecule is N#C/C(=N\Nc1ccccc1Sc1ccc([N+](=O)[O-])cc1C#N)C(=N)N. The number of benzene rings is 2. The van der Waals surface area contributed by atoms with Gasteiger partial charge in [-0.2, -0.15) is 15.6 Å². The van der Waals surface area contributed by atoms with Gasteiger partial charge in [0.05, 0.1) is 16.2 Å². The zero-order chi connectivity index (χ0) is 19.1. The highest BCUT2D eigenvalue weighted by atomic mass is 32.2. The van der Waals surface area contributed by atoms with E-state index in [-0.39, 0.29) is 17.0 Å². The molecule has 128 valence electrons. The molecule has 0 amide bonds. The summed E-state index contributed by atoms with van der Waals surface area (Å²) in [7, 11) is 0. The van der Waals surface area contributed by atoms with Crippen LogP contribution in [-0.4, -0.2) is 16.5 Å². The van der Waals surface area contributed by atoms with Crippen LogP contribution < -0.4 is 11.2 Å². The number of para-hydroxylation sites is 1. The third-order valence-corrected chi connectivity index (χ3v) is 4.20. The second-order valence-electron chi connectivity index (χ2n) is 4.75. The van der Waals surface area contributed by atoms with Crippen LogP contribution in [0.3, 0.4) is 0 Å². The molecular weight excluding hydrogens is 354 g/mol. The molecule has 0 spiro atoms. The van der Waals surface area contributed by atoms with E-state index in [2.05, 4.69) is 10.5 Å². The second kappa shape index (κ2) is 8.28. The summed E-state index contributed by atoms with van der Waals surface area (Å²) in [6, 6.07) is 14.6. The number of nitrogens with one attached hydrogen (secondary N) is 2. The normalized spacial score (nSPS) is 10.5. The summed E-state index contributed by atoms with van der Waals surface area (Å²) in [6.45, 7) is 0. The van der Waals surface area contributed by atoms with Crippen LogP contribution in [0.2, 0.25) is 0 Å². The van der Waals surface area contributed by atoms with E-state index in [0.29, 0.717) is 15.5 Å². The third-order valence-electron chi connectivity index (χ3n) is 3.05. The van der Waals surface area contributed by atoms with Crippen LogP contribution in [-0.2, 0) is 0 Å². The number of nitro benzene ring substituents is 1. The molecule has 0 aliphatic rings. The summed E-state index contributed by atoms with van der Waals surface area (Å²) in [5, 5.41) is 40.0. The van der Waals surface area contributed by atoms with Crippen molar-refractivity contribution in [3.63, 3.8) is 0 Å². The highest BCUT2D eigenvalue weighted by molar-refractivity contribution is 7.99. The Labute approximate surface area is 152 Å². The van der Waals surface area contributed by atoms with E-state index in [1.165, 1.54) is 30.0 Å². The first-order chi connectivity index (χ1) is 12.5. The molecule has 2 aromatic carbocycles. The summed E-state index contributed by atoms with van der Waals surface area (Å²) in [5.74, 6) is -0.465. The maximum absolute atomic E-state index is 10.8. The fourth-order valence-electron chi connectivity index (χ4n) is 1.84. The van der Waals surface area contributed by atoms with Crippen molar-refractivity contribution in [2.45, 2.75) is 9.79 Å². The van der Waals surface area contributed by atoms with Gasteiger partial charge in [-0.25, -0.2) is 0 Å². The van der Waals surface area contributed by atoms with Gasteiger partial charge in [0.15, 0.2) is 5.84 Å². The minimum atomic E-state index is -0.565. The van der Waals surface area contributed by atoms with Crippen LogP contribution in [0.15, 0.2) is 57.4 Å². The van der Waals surface area contributed by atoms with Crippen molar-refractivity contribution in [2.75, 3.05) is 5.43 Å². The van der Waals surface area contributed by atoms with E-state index in [1.54, 1.807) is 30.3 Å². The van der Waals surface area contributed by atoms with Gasteiger partial charge in [-0.1, -0.05) is 23.9 Å². The number of hydrogen-bond donors (Lipinski definition) is 3. The van der Waals surface area contributed by atoms with E-state index in [9.17, 15) is 15.4 Å². The van der Waals surface area contributed by atoms with Crippen LogP contribution in [0.1, 0.15) is 5.56 Å². The second-order valence-corrected chi connectivity index (χ2v) is 5.83. The Morgan fingerprint density at radius 3 is 2.62 bits per heavy atom. The highest BCUT2D eigenvalue weighted by Crippen LogP contribution is 2.36. The summed E-state index contributed by atoms with van der Waals surface area (Å²) < 4.78 is 0. The molecule has 0 saturated heterocycles. The number of amidine groups is 1. The molecule has 0 bridgehead atoms. The molecule has 0 radical (unpaired) electrons. The molecule has 0 aliphatic heterocycles. The van der Waals surface area contributed by atoms with E-state index in [1.807, 2.05) is 6.07 Å². The number of hydrazone groups is 1. The first kappa shape index (κ1) is 18.4. The molecular formula is C16H11N7O2S. The predicted octanol–water partition coefficient (Wildman–Crippen LogP) is 2.85. The molecule has 0 heterocycles. The monoisotopic (exact) mass is 365 g/mol. The van der Waals surface area contributed by atoms with Gasteiger partial charge >= 0.3 is 0 Å². The molecule has 26 heavy (non-hydrogen) atoms. The van der Waals surface area contributed by atoms with Crippen molar-refractivity contribution >= 4 is 34.7 Å². The first-order valence-electron chi connectivity index (χ1n) is 7.00. The van der Waals surface area contributed by atoms with E-state index in [0.717, 1.165) is 0 Å². The maximum atomic E-state index is 10.8. The quantitative estimate of drug-likeness (QED) is 0.306. The Hall–Kier alpha value is -3.89. The Balaban J connectivity index is 2.35. The minimum Gasteiger partial charge on any atom is -0.382 e. The van der Waals surface area contributed by atoms with E-state index >= 15 is 0 Å². The van der Waals surface area contributed by atoms with Crippen molar-refractivity contribution in [1.82, 2.24) is 0 Å². The first-order valence-corrected chi connectivity index (χ1v) is 7.81. The minimum absolute atomic E-state index is 0.165. The molecule has 10 heteroatoms. The number of non-ortho nitro benzene ring substituents is 1. The summed E-state index contributed by atoms with van der Waals surface area (Å²) >= 11 is 1.21. The van der Waals surface area contributed by atoms with Gasteiger partial charge in [0, 0.05) is 21.9 Å². The lowest BCUT2D eigenvalue weighted by Crippen LogP contribution is -2.21. The number of nitro groups is 1. The molecule has 0 aliphatic carbocycles. The van der Waals surface area contributed by atoms with Crippen molar-refractivity contribution in [3.8, 4) is 12.1 Å². The number of nitrogens with two attached hydrogens (primary N) is 1. The van der Waals surface area contributed by atoms with Gasteiger partial charge < -0.3 is 5.73 Å². The maximum Gasteiger partial charge on any atom is 0.270 e. The lowest BCUT2D eigenvalue weighted by Gasteiger charge is -2.09. The lowest BCUT2D eigenvalue weighted by molar-refractivity contribution is -0.384. The Morgan fingerprint density at radius 1 is 1.27 bits per heavy atom. The Morgan fingerprint density at radius 2 is 2.00 bits per heavy atom. The Kier molecular flexibility index (Phi) is 5.88. The van der Waals surface area contributed by atoms with Crippen LogP contribution >= 0.6 is 11.8 Å². The summed E-state index contributed by atoms with van der Waals surface area (Å²) in [6.07, 6.45) is 0. The average Bonchev–Trinajstić information content (AvgIpc) is 2.63. The fourth-order valence-corrected chi connectivity index (χ4v) is 2.79. The van der Waals surface area contributed by atoms with Crippen molar-refractivity contribution in [2.24, 2.45) is 10.8 Å². The number of nitrogens with zero attached hydrogens (tertiary/aromatic N) is 4. The van der Waals surface area contributed by atoms with Crippen LogP contribution in [0.4, 0.5) is 11.4 Å². The van der Waals surface area contributed by atoms with Crippen molar-refractivity contribution in [1.29, 1.82) is 15.9 Å². The van der Waals surface area contributed by atoms with E-state index in [4.69, 9.17) is 16.4 Å². The molecule has 4 N–H and O–H groups in total. The zero-order valence-electron chi connectivity index (χ0n) is 13.1. The highest BCUT2D eigenvalue weighted by Gasteiger charge is 2.13. The van der Waals surface area contributed by atoms with Gasteiger partial charge in [-0.05, 0) is 18.2 Å². The molecule has 0 fully saturated rings. The number of anilines is 1. The number of hydrogen-bond acceptors (Lipinski definition) is 8. The van der Waals surface area contributed by atoms with Gasteiger partial charge in [0.2, 0.25) is 5.71 Å². The van der Waals surface area contributed by atoms with Crippen LogP contribution in [0, 0.1) is 38.2 Å². The molecule has 0 aromatic heterocycles. The standard InChI is InChI=1S/C16H11N7O2S/c17-8-10-7-11(23(24)25)5-6-14(10)26-15-4-2-1-3-12(15)21-22-13(9-18)16(19)20/h1-7,21H,(H3,19,20)/b22-13+. The number of nitriles is 2. The van der Waals surface area contributed by atoms with Crippen molar-refractivity contribution < 1.29 is 4.92 Å². The van der Waals surface area contributed by atoms with Gasteiger partial charge in [0.25, 0.3) is 5.69 Å². The van der Waals surface area contributed by atoms with Gasteiger partial charge in [-0.15, -0.1) is 0 Å². The third kappa shape index (κ3) is 4.35. The summed E-state index contributed by atoms with van der Waals surface area (Å²) in [4.78, 5) is 11.5. The molecule has 0 atom stereocenters. The predicted molar refractivity (Wildman–Crippen MR) is 97.0 cm³/mol. The van der Waals surface area contributed by atoms with Gasteiger partial charge in [-0.3, -0.25) is 20.9 Å². The molecule has 9 nitrogen and oxygen atoms in total. The largest absolute Gasteiger partial charge is 0.382 e. The topological polar surface area (TPSA) is 165 Å². The molecule has 2 rings (SSSR count).